The second-order valence-electron chi connectivity index (χ2n) is 5.13. The van der Waals surface area contributed by atoms with Crippen molar-refractivity contribution in [1.82, 2.24) is 4.90 Å². The molecule has 0 atom stereocenters. The highest BCUT2D eigenvalue weighted by atomic mass is 16.4. The van der Waals surface area contributed by atoms with Gasteiger partial charge in [-0.25, -0.2) is 4.79 Å². The first-order valence-corrected chi connectivity index (χ1v) is 6.97. The van der Waals surface area contributed by atoms with E-state index in [1.807, 2.05) is 36.4 Å². The molecule has 0 saturated heterocycles. The maximum Gasteiger partial charge on any atom is 0.344 e. The highest BCUT2D eigenvalue weighted by molar-refractivity contribution is 5.95. The number of rotatable bonds is 3. The topological polar surface area (TPSA) is 50.5 Å². The van der Waals surface area contributed by atoms with Crippen LogP contribution in [0.3, 0.4) is 0 Å². The number of benzene rings is 2. The minimum absolute atomic E-state index is 0.0575. The van der Waals surface area contributed by atoms with Crippen LogP contribution in [-0.4, -0.2) is 17.9 Å². The van der Waals surface area contributed by atoms with Gasteiger partial charge in [-0.15, -0.1) is 0 Å². The first-order valence-electron chi connectivity index (χ1n) is 6.97. The van der Waals surface area contributed by atoms with Crippen LogP contribution in [0.5, 0.6) is 0 Å². The second-order valence-corrected chi connectivity index (χ2v) is 5.13. The Morgan fingerprint density at radius 3 is 2.50 bits per heavy atom. The maximum absolute atomic E-state index is 12.4. The summed E-state index contributed by atoms with van der Waals surface area (Å²) < 4.78 is 5.16. The van der Waals surface area contributed by atoms with Gasteiger partial charge in [0.1, 0.15) is 0 Å². The first kappa shape index (κ1) is 14.1. The Kier molecular flexibility index (Phi) is 3.74. The molecule has 0 bridgehead atoms. The van der Waals surface area contributed by atoms with E-state index in [2.05, 4.69) is 0 Å². The molecule has 0 unspecified atom stereocenters. The van der Waals surface area contributed by atoms with Crippen LogP contribution in [0.1, 0.15) is 16.1 Å². The molecule has 4 heteroatoms. The third-order valence-electron chi connectivity index (χ3n) is 3.49. The van der Waals surface area contributed by atoms with Crippen LogP contribution in [0.15, 0.2) is 69.9 Å². The minimum atomic E-state index is -0.491. The van der Waals surface area contributed by atoms with E-state index < -0.39 is 5.63 Å². The molecule has 0 aliphatic heterocycles. The lowest BCUT2D eigenvalue weighted by molar-refractivity contribution is 0.0749. The third-order valence-corrected chi connectivity index (χ3v) is 3.49. The lowest BCUT2D eigenvalue weighted by atomic mass is 10.1. The average molecular weight is 293 g/mol. The number of amides is 1. The molecule has 0 radical (unpaired) electrons. The average Bonchev–Trinajstić information content (AvgIpc) is 2.55. The van der Waals surface area contributed by atoms with Crippen LogP contribution in [-0.2, 0) is 6.54 Å². The predicted molar refractivity (Wildman–Crippen MR) is 84.7 cm³/mol. The molecular weight excluding hydrogens is 278 g/mol. The number of hydrogen-bond acceptors (Lipinski definition) is 3. The summed E-state index contributed by atoms with van der Waals surface area (Å²) in [6.07, 6.45) is 0. The molecule has 3 aromatic rings. The largest absolute Gasteiger partial charge is 0.417 e. The van der Waals surface area contributed by atoms with Crippen LogP contribution in [0.25, 0.3) is 10.8 Å². The van der Waals surface area contributed by atoms with Gasteiger partial charge in [-0.3, -0.25) is 4.79 Å². The summed E-state index contributed by atoms with van der Waals surface area (Å²) in [4.78, 5) is 25.9. The van der Waals surface area contributed by atoms with Crippen molar-refractivity contribution in [3.05, 3.63) is 82.4 Å². The Morgan fingerprint density at radius 1 is 1.05 bits per heavy atom. The molecule has 22 heavy (non-hydrogen) atoms. The van der Waals surface area contributed by atoms with Crippen molar-refractivity contribution in [2.24, 2.45) is 0 Å². The van der Waals surface area contributed by atoms with E-state index in [1.165, 1.54) is 4.90 Å². The van der Waals surface area contributed by atoms with E-state index >= 15 is 0 Å². The Balaban J connectivity index is 1.90. The van der Waals surface area contributed by atoms with E-state index in [1.54, 1.807) is 31.3 Å². The van der Waals surface area contributed by atoms with Gasteiger partial charge >= 0.3 is 5.63 Å². The zero-order valence-corrected chi connectivity index (χ0v) is 12.2. The fourth-order valence-electron chi connectivity index (χ4n) is 2.36. The van der Waals surface area contributed by atoms with Gasteiger partial charge in [-0.1, -0.05) is 48.5 Å². The summed E-state index contributed by atoms with van der Waals surface area (Å²) in [5.41, 5.74) is 0.524. The molecule has 0 aliphatic carbocycles. The third kappa shape index (κ3) is 2.76. The van der Waals surface area contributed by atoms with Gasteiger partial charge in [0.25, 0.3) is 5.91 Å². The van der Waals surface area contributed by atoms with E-state index in [0.29, 0.717) is 17.3 Å². The van der Waals surface area contributed by atoms with Crippen molar-refractivity contribution >= 4 is 16.7 Å². The number of fused-ring (bicyclic) bond motifs is 1. The van der Waals surface area contributed by atoms with E-state index in [-0.39, 0.29) is 11.7 Å². The molecule has 0 spiro atoms. The molecule has 1 aromatic heterocycles. The minimum Gasteiger partial charge on any atom is -0.417 e. The summed E-state index contributed by atoms with van der Waals surface area (Å²) in [5, 5.41) is 1.18. The molecule has 0 aliphatic rings. The predicted octanol–water partition coefficient (Wildman–Crippen LogP) is 3.07. The number of carbonyl (C=O) groups is 1. The van der Waals surface area contributed by atoms with Gasteiger partial charge in [0.05, 0.1) is 5.39 Å². The zero-order valence-electron chi connectivity index (χ0n) is 12.2. The van der Waals surface area contributed by atoms with Crippen LogP contribution in [0.2, 0.25) is 0 Å². The van der Waals surface area contributed by atoms with Crippen LogP contribution < -0.4 is 5.63 Å². The number of hydrogen-bond donors (Lipinski definition) is 0. The highest BCUT2D eigenvalue weighted by Gasteiger charge is 2.16. The lowest BCUT2D eigenvalue weighted by Gasteiger charge is -2.16. The Hall–Kier alpha value is -2.88. The van der Waals surface area contributed by atoms with Crippen molar-refractivity contribution in [3.8, 4) is 0 Å². The van der Waals surface area contributed by atoms with E-state index in [4.69, 9.17) is 4.42 Å². The second kappa shape index (κ2) is 5.85. The zero-order chi connectivity index (χ0) is 15.5. The quantitative estimate of drug-likeness (QED) is 0.745. The molecular formula is C18H15NO3. The summed E-state index contributed by atoms with van der Waals surface area (Å²) in [7, 11) is 1.69. The van der Waals surface area contributed by atoms with Gasteiger partial charge in [-0.2, -0.15) is 0 Å². The van der Waals surface area contributed by atoms with Crippen molar-refractivity contribution in [2.75, 3.05) is 7.05 Å². The highest BCUT2D eigenvalue weighted by Crippen LogP contribution is 2.14. The summed E-state index contributed by atoms with van der Waals surface area (Å²) in [5.74, 6) is -0.256. The Morgan fingerprint density at radius 2 is 1.73 bits per heavy atom. The lowest BCUT2D eigenvalue weighted by Crippen LogP contribution is -2.27. The molecule has 1 heterocycles. The van der Waals surface area contributed by atoms with Crippen LogP contribution in [0.4, 0.5) is 0 Å². The van der Waals surface area contributed by atoms with E-state index in [0.717, 1.165) is 5.56 Å². The van der Waals surface area contributed by atoms with Crippen molar-refractivity contribution in [2.45, 2.75) is 6.54 Å². The molecule has 4 nitrogen and oxygen atoms in total. The smallest absolute Gasteiger partial charge is 0.344 e. The molecule has 110 valence electrons. The van der Waals surface area contributed by atoms with Gasteiger partial charge in [-0.05, 0) is 23.1 Å². The van der Waals surface area contributed by atoms with Gasteiger partial charge in [0.2, 0.25) is 0 Å². The standard InChI is InChI=1S/C18H15NO3/c1-19(12-13-7-3-2-4-8-13)17(20)16-11-14-9-5-6-10-15(14)18(21)22-16/h2-11H,12H2,1H3. The number of carbonyl (C=O) groups excluding carboxylic acids is 1. The van der Waals surface area contributed by atoms with Crippen molar-refractivity contribution in [1.29, 1.82) is 0 Å². The summed E-state index contributed by atoms with van der Waals surface area (Å²) in [6, 6.07) is 18.3. The molecule has 0 saturated carbocycles. The summed E-state index contributed by atoms with van der Waals surface area (Å²) in [6.45, 7) is 0.455. The molecule has 2 aromatic carbocycles. The van der Waals surface area contributed by atoms with Crippen molar-refractivity contribution in [3.63, 3.8) is 0 Å². The SMILES string of the molecule is CN(Cc1ccccc1)C(=O)c1cc2ccccc2c(=O)o1. The van der Waals surface area contributed by atoms with Crippen molar-refractivity contribution < 1.29 is 9.21 Å². The van der Waals surface area contributed by atoms with Gasteiger partial charge < -0.3 is 9.32 Å². The fourth-order valence-corrected chi connectivity index (χ4v) is 2.36. The monoisotopic (exact) mass is 293 g/mol. The van der Waals surface area contributed by atoms with E-state index in [9.17, 15) is 9.59 Å². The molecule has 0 fully saturated rings. The first-order chi connectivity index (χ1) is 10.6. The molecule has 3 rings (SSSR count). The molecule has 0 N–H and O–H groups in total. The normalized spacial score (nSPS) is 10.6. The van der Waals surface area contributed by atoms with Crippen LogP contribution in [0, 0.1) is 0 Å². The van der Waals surface area contributed by atoms with Gasteiger partial charge in [0, 0.05) is 13.6 Å². The maximum atomic E-state index is 12.4. The Labute approximate surface area is 127 Å². The Bertz CT molecular complexity index is 868. The fraction of sp³-hybridized carbons (Fsp3) is 0.111. The molecule has 1 amide bonds. The van der Waals surface area contributed by atoms with Gasteiger partial charge in [0.15, 0.2) is 5.76 Å². The van der Waals surface area contributed by atoms with Crippen LogP contribution >= 0.6 is 0 Å². The number of nitrogens with zero attached hydrogens (tertiary/aromatic N) is 1. The summed E-state index contributed by atoms with van der Waals surface area (Å²) >= 11 is 0.